The molecule has 2 aromatic rings. The predicted molar refractivity (Wildman–Crippen MR) is 134 cm³/mol. The lowest BCUT2D eigenvalue weighted by Gasteiger charge is -2.52. The first-order valence-corrected chi connectivity index (χ1v) is 12.8. The molecule has 1 amide bonds. The van der Waals surface area contributed by atoms with Gasteiger partial charge in [-0.25, -0.2) is 4.39 Å². The zero-order valence-electron chi connectivity index (χ0n) is 19.2. The van der Waals surface area contributed by atoms with Gasteiger partial charge in [-0.15, -0.1) is 11.3 Å². The largest absolute Gasteiger partial charge is 0.502 e. The topological polar surface area (TPSA) is 75.0 Å². The molecule has 0 aromatic carbocycles. The zero-order chi connectivity index (χ0) is 24.6. The van der Waals surface area contributed by atoms with Crippen LogP contribution in [0.15, 0.2) is 75.9 Å². The lowest BCUT2D eigenvalue weighted by atomic mass is 9.84. The molecular formula is C27H22FN3O4S. The van der Waals surface area contributed by atoms with Gasteiger partial charge in [0.2, 0.25) is 5.43 Å². The van der Waals surface area contributed by atoms with E-state index in [9.17, 15) is 19.1 Å². The molecule has 2 aromatic heterocycles. The number of hydrogen-bond donors (Lipinski definition) is 1. The highest BCUT2D eigenvalue weighted by molar-refractivity contribution is 7.07. The van der Waals surface area contributed by atoms with Gasteiger partial charge in [0.05, 0.1) is 19.3 Å². The molecule has 3 aliphatic carbocycles. The van der Waals surface area contributed by atoms with E-state index in [2.05, 4.69) is 23.6 Å². The third-order valence-electron chi connectivity index (χ3n) is 7.52. The number of halogens is 1. The van der Waals surface area contributed by atoms with Crippen molar-refractivity contribution in [3.63, 3.8) is 0 Å². The van der Waals surface area contributed by atoms with Gasteiger partial charge in [0.15, 0.2) is 11.4 Å². The summed E-state index contributed by atoms with van der Waals surface area (Å²) in [5, 5.41) is 15.9. The van der Waals surface area contributed by atoms with Crippen LogP contribution in [0.25, 0.3) is 11.1 Å². The molecule has 0 saturated carbocycles. The number of carbonyl (C=O) groups is 1. The van der Waals surface area contributed by atoms with Gasteiger partial charge in [-0.05, 0) is 64.0 Å². The molecule has 0 bridgehead atoms. The maximum Gasteiger partial charge on any atom is 0.278 e. The molecule has 1 N–H and O–H groups in total. The SMILES string of the molecule is O=C1c2c(O)c(=O)ccn2N([C@@H]2C3=CC(F)=CCC3=c3ccsc3=C3CC=CC=C32)[C@@H]2COCCN12. The van der Waals surface area contributed by atoms with Crippen LogP contribution in [-0.2, 0) is 4.74 Å². The molecule has 7 rings (SSSR count). The molecule has 4 heterocycles. The standard InChI is InChI=1S/C27H22FN3O4S/c28-15-5-6-16-19-8-12-36-26(19)18-4-2-1-3-17(18)23(20(16)13-15)31-22-14-35-11-10-29(22)27(34)24-25(33)21(32)7-9-30(24)31/h1-3,5,7-9,12-13,22-23,33H,4,6,10-11,14H2/t22-,23+/m1/s1. The van der Waals surface area contributed by atoms with Crippen molar-refractivity contribution in [2.45, 2.75) is 25.0 Å². The van der Waals surface area contributed by atoms with E-state index >= 15 is 0 Å². The summed E-state index contributed by atoms with van der Waals surface area (Å²) in [6.45, 7) is 0.924. The third kappa shape index (κ3) is 2.93. The minimum Gasteiger partial charge on any atom is -0.502 e. The van der Waals surface area contributed by atoms with Crippen LogP contribution in [0.3, 0.4) is 0 Å². The minimum absolute atomic E-state index is 0.0813. The molecule has 0 spiro atoms. The molecule has 0 radical (unpaired) electrons. The highest BCUT2D eigenvalue weighted by Gasteiger charge is 2.47. The summed E-state index contributed by atoms with van der Waals surface area (Å²) in [5.41, 5.74) is 3.29. The number of pyridine rings is 1. The number of thiophene rings is 1. The Morgan fingerprint density at radius 2 is 2.03 bits per heavy atom. The van der Waals surface area contributed by atoms with Crippen LogP contribution < -0.4 is 20.2 Å². The Balaban J connectivity index is 1.57. The molecule has 2 aliphatic heterocycles. The fourth-order valence-electron chi connectivity index (χ4n) is 5.94. The smallest absolute Gasteiger partial charge is 0.278 e. The van der Waals surface area contributed by atoms with Crippen molar-refractivity contribution in [3.05, 3.63) is 96.7 Å². The lowest BCUT2D eigenvalue weighted by Crippen LogP contribution is -2.68. The third-order valence-corrected chi connectivity index (χ3v) is 8.49. The molecule has 1 fully saturated rings. The van der Waals surface area contributed by atoms with Crippen molar-refractivity contribution in [1.29, 1.82) is 0 Å². The fraction of sp³-hybridized carbons (Fsp3) is 0.259. The Kier molecular flexibility index (Phi) is 4.74. The number of morpholine rings is 1. The fourth-order valence-corrected chi connectivity index (χ4v) is 6.94. The van der Waals surface area contributed by atoms with Gasteiger partial charge in [0.1, 0.15) is 12.0 Å². The predicted octanol–water partition coefficient (Wildman–Crippen LogP) is 1.82. The van der Waals surface area contributed by atoms with E-state index in [1.165, 1.54) is 12.3 Å². The minimum atomic E-state index is -0.616. The molecule has 1 saturated heterocycles. The second-order valence-electron chi connectivity index (χ2n) is 9.33. The molecule has 36 heavy (non-hydrogen) atoms. The second kappa shape index (κ2) is 7.91. The summed E-state index contributed by atoms with van der Waals surface area (Å²) in [5.74, 6) is -1.31. The zero-order valence-corrected chi connectivity index (χ0v) is 20.0. The number of carbonyl (C=O) groups excluding carboxylic acids is 1. The first-order chi connectivity index (χ1) is 17.5. The van der Waals surface area contributed by atoms with Crippen LogP contribution in [0.1, 0.15) is 23.3 Å². The number of allylic oxidation sites excluding steroid dienone is 6. The molecule has 5 aliphatic rings. The molecular weight excluding hydrogens is 481 g/mol. The first kappa shape index (κ1) is 21.6. The van der Waals surface area contributed by atoms with Crippen LogP contribution in [0.5, 0.6) is 5.75 Å². The van der Waals surface area contributed by atoms with Crippen molar-refractivity contribution in [2.24, 2.45) is 0 Å². The maximum atomic E-state index is 14.9. The number of aromatic hydroxyl groups is 1. The summed E-state index contributed by atoms with van der Waals surface area (Å²) in [4.78, 5) is 27.5. The summed E-state index contributed by atoms with van der Waals surface area (Å²) in [7, 11) is 0. The Morgan fingerprint density at radius 3 is 2.92 bits per heavy atom. The summed E-state index contributed by atoms with van der Waals surface area (Å²) in [6.07, 6.45) is 11.5. The highest BCUT2D eigenvalue weighted by atomic mass is 32.1. The molecule has 182 valence electrons. The van der Waals surface area contributed by atoms with Gasteiger partial charge in [-0.1, -0.05) is 18.2 Å². The van der Waals surface area contributed by atoms with Gasteiger partial charge in [-0.3, -0.25) is 19.3 Å². The van der Waals surface area contributed by atoms with E-state index in [1.54, 1.807) is 33.1 Å². The van der Waals surface area contributed by atoms with Gasteiger partial charge < -0.3 is 14.7 Å². The van der Waals surface area contributed by atoms with Crippen LogP contribution >= 0.6 is 11.3 Å². The second-order valence-corrected chi connectivity index (χ2v) is 10.2. The number of hydrogen-bond acceptors (Lipinski definition) is 6. The normalized spacial score (nSPS) is 24.6. The Bertz CT molecular complexity index is 1640. The average molecular weight is 504 g/mol. The van der Waals surface area contributed by atoms with Crippen molar-refractivity contribution < 1.29 is 19.0 Å². The average Bonchev–Trinajstić information content (AvgIpc) is 3.34. The Hall–Kier alpha value is -3.69. The van der Waals surface area contributed by atoms with Crippen molar-refractivity contribution in [2.75, 3.05) is 24.8 Å². The van der Waals surface area contributed by atoms with E-state index in [0.29, 0.717) is 19.6 Å². The van der Waals surface area contributed by atoms with Crippen LogP contribution in [0.2, 0.25) is 0 Å². The lowest BCUT2D eigenvalue weighted by molar-refractivity contribution is -0.0184. The number of nitrogens with zero attached hydrogens (tertiary/aromatic N) is 3. The van der Waals surface area contributed by atoms with Gasteiger partial charge in [0.25, 0.3) is 5.91 Å². The highest BCUT2D eigenvalue weighted by Crippen LogP contribution is 2.41. The monoisotopic (exact) mass is 503 g/mol. The number of ether oxygens (including phenoxy) is 1. The Morgan fingerprint density at radius 1 is 1.14 bits per heavy atom. The quantitative estimate of drug-likeness (QED) is 0.643. The number of fused-ring (bicyclic) bond motifs is 5. The summed E-state index contributed by atoms with van der Waals surface area (Å²) < 4.78 is 23.5. The number of amides is 1. The van der Waals surface area contributed by atoms with E-state index in [1.807, 2.05) is 11.1 Å². The van der Waals surface area contributed by atoms with E-state index in [4.69, 9.17) is 4.74 Å². The number of aromatic nitrogens is 1. The van der Waals surface area contributed by atoms with Gasteiger partial charge in [-0.2, -0.15) is 0 Å². The van der Waals surface area contributed by atoms with Gasteiger partial charge >= 0.3 is 0 Å². The Labute approximate surface area is 209 Å². The molecule has 9 heteroatoms. The van der Waals surface area contributed by atoms with Crippen molar-refractivity contribution in [3.8, 4) is 5.75 Å². The van der Waals surface area contributed by atoms with Gasteiger partial charge in [0, 0.05) is 23.3 Å². The van der Waals surface area contributed by atoms with E-state index in [-0.39, 0.29) is 18.1 Å². The van der Waals surface area contributed by atoms with Crippen LogP contribution in [0.4, 0.5) is 4.39 Å². The number of rotatable bonds is 1. The summed E-state index contributed by atoms with van der Waals surface area (Å²) in [6, 6.07) is 2.87. The summed E-state index contributed by atoms with van der Waals surface area (Å²) >= 11 is 1.67. The van der Waals surface area contributed by atoms with E-state index < -0.39 is 29.3 Å². The first-order valence-electron chi connectivity index (χ1n) is 11.9. The van der Waals surface area contributed by atoms with Crippen LogP contribution in [0, 0.1) is 0 Å². The van der Waals surface area contributed by atoms with Crippen molar-refractivity contribution >= 4 is 28.4 Å². The molecule has 0 unspecified atom stereocenters. The maximum absolute atomic E-state index is 14.9. The van der Waals surface area contributed by atoms with Crippen molar-refractivity contribution in [1.82, 2.24) is 9.58 Å². The molecule has 7 nitrogen and oxygen atoms in total. The van der Waals surface area contributed by atoms with E-state index in [0.717, 1.165) is 38.5 Å². The van der Waals surface area contributed by atoms with Crippen LogP contribution in [-0.4, -0.2) is 52.6 Å². The molecule has 2 atom stereocenters.